The number of aryl methyl sites for hydroxylation is 2. The van der Waals surface area contributed by atoms with E-state index in [4.69, 9.17) is 0 Å². The Hall–Kier alpha value is -2.08. The van der Waals surface area contributed by atoms with Gasteiger partial charge in [-0.1, -0.05) is 77.9 Å². The second-order valence-corrected chi connectivity index (χ2v) is 5.37. The average Bonchev–Trinajstić information content (AvgIpc) is 2.42. The van der Waals surface area contributed by atoms with Crippen molar-refractivity contribution in [3.8, 4) is 0 Å². The SMILES string of the molecule is CC(=Cc1ccccc1)CC=Cc1ccc(C)cc1C. The van der Waals surface area contributed by atoms with Crippen LogP contribution in [-0.2, 0) is 0 Å². The summed E-state index contributed by atoms with van der Waals surface area (Å²) in [7, 11) is 0. The molecule has 0 heteroatoms. The Morgan fingerprint density at radius 1 is 1.00 bits per heavy atom. The van der Waals surface area contributed by atoms with Gasteiger partial charge in [0.15, 0.2) is 0 Å². The summed E-state index contributed by atoms with van der Waals surface area (Å²) < 4.78 is 0. The van der Waals surface area contributed by atoms with Crippen molar-refractivity contribution < 1.29 is 0 Å². The summed E-state index contributed by atoms with van der Waals surface area (Å²) in [6.45, 7) is 6.48. The van der Waals surface area contributed by atoms with Gasteiger partial charge in [0.2, 0.25) is 0 Å². The monoisotopic (exact) mass is 262 g/mol. The lowest BCUT2D eigenvalue weighted by Crippen LogP contribution is -1.82. The van der Waals surface area contributed by atoms with Gasteiger partial charge in [-0.2, -0.15) is 0 Å². The molecule has 0 aliphatic heterocycles. The van der Waals surface area contributed by atoms with Gasteiger partial charge >= 0.3 is 0 Å². The molecule has 0 nitrogen and oxygen atoms in total. The molecule has 0 aliphatic rings. The summed E-state index contributed by atoms with van der Waals surface area (Å²) in [5, 5.41) is 0. The van der Waals surface area contributed by atoms with Crippen LogP contribution in [0.4, 0.5) is 0 Å². The molecule has 0 fully saturated rings. The Morgan fingerprint density at radius 2 is 1.75 bits per heavy atom. The first-order chi connectivity index (χ1) is 9.65. The van der Waals surface area contributed by atoms with Gasteiger partial charge in [-0.3, -0.25) is 0 Å². The van der Waals surface area contributed by atoms with Crippen LogP contribution in [0.5, 0.6) is 0 Å². The quantitative estimate of drug-likeness (QED) is 0.652. The van der Waals surface area contributed by atoms with Crippen molar-refractivity contribution in [2.45, 2.75) is 27.2 Å². The van der Waals surface area contributed by atoms with Crippen molar-refractivity contribution in [2.24, 2.45) is 0 Å². The standard InChI is InChI=1S/C20H22/c1-16(15-19-9-5-4-6-10-19)8-7-11-20-13-12-17(2)14-18(20)3/h4-7,9-15H,8H2,1-3H3. The third kappa shape index (κ3) is 4.24. The van der Waals surface area contributed by atoms with Gasteiger partial charge in [0.05, 0.1) is 0 Å². The first-order valence-electron chi connectivity index (χ1n) is 7.11. The molecule has 0 atom stereocenters. The van der Waals surface area contributed by atoms with E-state index in [1.807, 2.05) is 6.07 Å². The highest BCUT2D eigenvalue weighted by molar-refractivity contribution is 5.56. The lowest BCUT2D eigenvalue weighted by molar-refractivity contribution is 1.24. The van der Waals surface area contributed by atoms with Crippen LogP contribution in [0.1, 0.15) is 35.6 Å². The number of allylic oxidation sites excluding steroid dienone is 2. The summed E-state index contributed by atoms with van der Waals surface area (Å²) in [5.41, 5.74) is 6.61. The topological polar surface area (TPSA) is 0 Å². The fourth-order valence-corrected chi connectivity index (χ4v) is 2.28. The number of hydrogen-bond acceptors (Lipinski definition) is 0. The zero-order valence-corrected chi connectivity index (χ0v) is 12.6. The molecule has 20 heavy (non-hydrogen) atoms. The van der Waals surface area contributed by atoms with Gasteiger partial charge in [-0.25, -0.2) is 0 Å². The van der Waals surface area contributed by atoms with E-state index in [2.05, 4.69) is 81.5 Å². The number of rotatable bonds is 4. The van der Waals surface area contributed by atoms with Crippen LogP contribution in [0, 0.1) is 13.8 Å². The molecule has 2 aromatic carbocycles. The molecular formula is C20H22. The van der Waals surface area contributed by atoms with Crippen molar-refractivity contribution in [3.05, 3.63) is 82.4 Å². The Balaban J connectivity index is 2.01. The summed E-state index contributed by atoms with van der Waals surface area (Å²) in [5.74, 6) is 0. The lowest BCUT2D eigenvalue weighted by Gasteiger charge is -2.02. The largest absolute Gasteiger partial charge is 0.0799 e. The minimum absolute atomic E-state index is 0.988. The second-order valence-electron chi connectivity index (χ2n) is 5.37. The van der Waals surface area contributed by atoms with Crippen LogP contribution in [0.15, 0.2) is 60.2 Å². The molecule has 102 valence electrons. The van der Waals surface area contributed by atoms with Crippen LogP contribution in [-0.4, -0.2) is 0 Å². The predicted molar refractivity (Wildman–Crippen MR) is 89.7 cm³/mol. The maximum absolute atomic E-state index is 2.24. The fraction of sp³-hybridized carbons (Fsp3) is 0.200. The normalized spacial score (nSPS) is 12.1. The molecule has 0 amide bonds. The summed E-state index contributed by atoms with van der Waals surface area (Å²) in [6.07, 6.45) is 7.69. The van der Waals surface area contributed by atoms with Gasteiger partial charge in [0.1, 0.15) is 0 Å². The highest BCUT2D eigenvalue weighted by atomic mass is 14.0. The minimum atomic E-state index is 0.988. The number of benzene rings is 2. The van der Waals surface area contributed by atoms with Crippen LogP contribution in [0.2, 0.25) is 0 Å². The van der Waals surface area contributed by atoms with Crippen molar-refractivity contribution in [1.82, 2.24) is 0 Å². The van der Waals surface area contributed by atoms with E-state index in [1.165, 1.54) is 27.8 Å². The first kappa shape index (κ1) is 14.3. The Kier molecular flexibility index (Phi) is 4.95. The summed E-state index contributed by atoms with van der Waals surface area (Å²) >= 11 is 0. The van der Waals surface area contributed by atoms with Crippen LogP contribution in [0.3, 0.4) is 0 Å². The predicted octanol–water partition coefficient (Wildman–Crippen LogP) is 5.81. The summed E-state index contributed by atoms with van der Waals surface area (Å²) in [6, 6.07) is 17.1. The molecule has 0 spiro atoms. The van der Waals surface area contributed by atoms with Crippen LogP contribution in [0.25, 0.3) is 12.2 Å². The van der Waals surface area contributed by atoms with Gasteiger partial charge in [-0.05, 0) is 43.9 Å². The molecule has 2 aromatic rings. The molecule has 0 aliphatic carbocycles. The van der Waals surface area contributed by atoms with Crippen molar-refractivity contribution in [1.29, 1.82) is 0 Å². The molecule has 0 saturated carbocycles. The maximum atomic E-state index is 2.24. The average molecular weight is 262 g/mol. The molecule has 2 rings (SSSR count). The van der Waals surface area contributed by atoms with Gasteiger partial charge in [0, 0.05) is 0 Å². The van der Waals surface area contributed by atoms with E-state index >= 15 is 0 Å². The van der Waals surface area contributed by atoms with E-state index in [0.29, 0.717) is 0 Å². The van der Waals surface area contributed by atoms with E-state index in [-0.39, 0.29) is 0 Å². The molecule has 0 aromatic heterocycles. The molecule has 0 saturated heterocycles. The molecule has 0 N–H and O–H groups in total. The second kappa shape index (κ2) is 6.91. The van der Waals surface area contributed by atoms with Crippen LogP contribution < -0.4 is 0 Å². The van der Waals surface area contributed by atoms with Gasteiger partial charge < -0.3 is 0 Å². The zero-order valence-electron chi connectivity index (χ0n) is 12.6. The Morgan fingerprint density at radius 3 is 2.45 bits per heavy atom. The maximum Gasteiger partial charge on any atom is -0.0135 e. The highest BCUT2D eigenvalue weighted by Crippen LogP contribution is 2.14. The van der Waals surface area contributed by atoms with Crippen molar-refractivity contribution >= 4 is 12.2 Å². The third-order valence-corrected chi connectivity index (χ3v) is 3.38. The van der Waals surface area contributed by atoms with Crippen molar-refractivity contribution in [2.75, 3.05) is 0 Å². The first-order valence-corrected chi connectivity index (χ1v) is 7.11. The zero-order chi connectivity index (χ0) is 14.4. The summed E-state index contributed by atoms with van der Waals surface area (Å²) in [4.78, 5) is 0. The van der Waals surface area contributed by atoms with E-state index in [1.54, 1.807) is 0 Å². The molecule has 0 radical (unpaired) electrons. The number of hydrogen-bond donors (Lipinski definition) is 0. The minimum Gasteiger partial charge on any atom is -0.0799 e. The van der Waals surface area contributed by atoms with Crippen LogP contribution >= 0.6 is 0 Å². The van der Waals surface area contributed by atoms with Gasteiger partial charge in [0.25, 0.3) is 0 Å². The third-order valence-electron chi connectivity index (χ3n) is 3.38. The van der Waals surface area contributed by atoms with Crippen molar-refractivity contribution in [3.63, 3.8) is 0 Å². The Labute approximate surface area is 122 Å². The lowest BCUT2D eigenvalue weighted by atomic mass is 10.0. The molecule has 0 unspecified atom stereocenters. The van der Waals surface area contributed by atoms with E-state index in [0.717, 1.165) is 6.42 Å². The molecule has 0 heterocycles. The molecule has 0 bridgehead atoms. The van der Waals surface area contributed by atoms with Gasteiger partial charge in [-0.15, -0.1) is 0 Å². The fourth-order valence-electron chi connectivity index (χ4n) is 2.28. The molecular weight excluding hydrogens is 240 g/mol. The highest BCUT2D eigenvalue weighted by Gasteiger charge is 1.94. The Bertz CT molecular complexity index is 616. The smallest absolute Gasteiger partial charge is 0.0135 e. The van der Waals surface area contributed by atoms with E-state index in [9.17, 15) is 0 Å². The van der Waals surface area contributed by atoms with E-state index < -0.39 is 0 Å².